The van der Waals surface area contributed by atoms with Crippen molar-refractivity contribution in [1.82, 2.24) is 14.3 Å². The van der Waals surface area contributed by atoms with E-state index >= 15 is 0 Å². The molecular formula is C33H38N4O4S2. The van der Waals surface area contributed by atoms with Crippen LogP contribution < -0.4 is 10.5 Å². The van der Waals surface area contributed by atoms with Crippen molar-refractivity contribution in [3.8, 4) is 0 Å². The van der Waals surface area contributed by atoms with Crippen LogP contribution in [0.25, 0.3) is 11.7 Å². The van der Waals surface area contributed by atoms with Gasteiger partial charge in [0.15, 0.2) is 0 Å². The molecule has 0 bridgehead atoms. The van der Waals surface area contributed by atoms with Crippen molar-refractivity contribution in [2.24, 2.45) is 0 Å². The molecule has 10 heteroatoms. The highest BCUT2D eigenvalue weighted by molar-refractivity contribution is 8.26. The molecule has 8 nitrogen and oxygen atoms in total. The van der Waals surface area contributed by atoms with E-state index in [0.29, 0.717) is 39.3 Å². The number of anilines is 1. The second-order valence-electron chi connectivity index (χ2n) is 11.3. The molecule has 0 unspecified atom stereocenters. The van der Waals surface area contributed by atoms with Crippen LogP contribution in [0.4, 0.5) is 5.82 Å². The van der Waals surface area contributed by atoms with Crippen molar-refractivity contribution in [1.29, 1.82) is 0 Å². The second-order valence-corrected chi connectivity index (χ2v) is 13.0. The molecule has 1 saturated heterocycles. The number of carbonyl (C=O) groups excluding carboxylic acids is 1. The molecule has 4 heterocycles. The third-order valence-electron chi connectivity index (χ3n) is 8.09. The van der Waals surface area contributed by atoms with E-state index in [2.05, 4.69) is 23.1 Å². The number of aromatic nitrogens is 2. The number of unbranched alkanes of at least 4 members (excludes halogenated alkanes) is 7. The minimum absolute atomic E-state index is 0.155. The zero-order chi connectivity index (χ0) is 30.3. The fraction of sp³-hybridized carbons (Fsp3) is 0.424. The number of carboxylic acid groups (broad SMARTS) is 1. The summed E-state index contributed by atoms with van der Waals surface area (Å²) in [4.78, 5) is 47.2. The Balaban J connectivity index is 1.28. The van der Waals surface area contributed by atoms with Crippen LogP contribution in [0.3, 0.4) is 0 Å². The van der Waals surface area contributed by atoms with Crippen LogP contribution in [0.5, 0.6) is 0 Å². The van der Waals surface area contributed by atoms with Gasteiger partial charge in [0.25, 0.3) is 11.5 Å². The van der Waals surface area contributed by atoms with Crippen molar-refractivity contribution in [3.05, 3.63) is 80.1 Å². The summed E-state index contributed by atoms with van der Waals surface area (Å²) in [5, 5.41) is 8.72. The summed E-state index contributed by atoms with van der Waals surface area (Å²) in [6.07, 6.45) is 12.5. The lowest BCUT2D eigenvalue weighted by Gasteiger charge is -2.30. The Hall–Kier alpha value is -3.50. The van der Waals surface area contributed by atoms with Crippen molar-refractivity contribution in [3.63, 3.8) is 0 Å². The average molecular weight is 619 g/mol. The van der Waals surface area contributed by atoms with Gasteiger partial charge in [-0.15, -0.1) is 0 Å². The van der Waals surface area contributed by atoms with Gasteiger partial charge in [0.1, 0.15) is 15.8 Å². The number of hydrogen-bond acceptors (Lipinski definition) is 7. The molecule has 3 aromatic rings. The Labute approximate surface area is 261 Å². The van der Waals surface area contributed by atoms with E-state index in [-0.39, 0.29) is 17.9 Å². The van der Waals surface area contributed by atoms with Gasteiger partial charge in [0.2, 0.25) is 0 Å². The Kier molecular flexibility index (Phi) is 10.3. The molecule has 1 N–H and O–H groups in total. The Morgan fingerprint density at radius 1 is 1.00 bits per heavy atom. The molecule has 0 aliphatic carbocycles. The van der Waals surface area contributed by atoms with Gasteiger partial charge in [-0.25, -0.2) is 4.98 Å². The third-order valence-corrected chi connectivity index (χ3v) is 9.46. The highest BCUT2D eigenvalue weighted by atomic mass is 32.2. The van der Waals surface area contributed by atoms with Gasteiger partial charge in [0.05, 0.1) is 10.5 Å². The van der Waals surface area contributed by atoms with Crippen molar-refractivity contribution < 1.29 is 14.7 Å². The van der Waals surface area contributed by atoms with Crippen molar-refractivity contribution in [2.45, 2.75) is 77.7 Å². The van der Waals surface area contributed by atoms with Gasteiger partial charge in [-0.2, -0.15) is 0 Å². The van der Waals surface area contributed by atoms with Gasteiger partial charge >= 0.3 is 5.97 Å². The Morgan fingerprint density at radius 2 is 1.70 bits per heavy atom. The number of hydrogen-bond donors (Lipinski definition) is 1. The quantitative estimate of drug-likeness (QED) is 0.134. The number of fused-ring (bicyclic) bond motifs is 2. The van der Waals surface area contributed by atoms with Crippen molar-refractivity contribution >= 4 is 57.7 Å². The molecule has 0 atom stereocenters. The first-order chi connectivity index (χ1) is 20.8. The number of aryl methyl sites for hydroxylation is 1. The highest BCUT2D eigenvalue weighted by Crippen LogP contribution is 2.34. The number of benzene rings is 1. The normalized spacial score (nSPS) is 16.0. The predicted octanol–water partition coefficient (Wildman–Crippen LogP) is 6.36. The summed E-state index contributed by atoms with van der Waals surface area (Å²) in [5.41, 5.74) is 4.27. The number of nitrogens with zero attached hydrogens (tertiary/aromatic N) is 4. The lowest BCUT2D eigenvalue weighted by atomic mass is 9.99. The first kappa shape index (κ1) is 30.9. The second kappa shape index (κ2) is 14.3. The molecule has 1 amide bonds. The molecule has 2 aliphatic rings. The summed E-state index contributed by atoms with van der Waals surface area (Å²) >= 11 is 6.85. The first-order valence-electron chi connectivity index (χ1n) is 15.1. The Bertz CT molecular complexity index is 1620. The first-order valence-corrected chi connectivity index (χ1v) is 16.4. The maximum absolute atomic E-state index is 13.9. The van der Waals surface area contributed by atoms with E-state index in [1.807, 2.05) is 25.1 Å². The van der Waals surface area contributed by atoms with Crippen LogP contribution in [0.1, 0.15) is 80.0 Å². The topological polar surface area (TPSA) is 95.2 Å². The fourth-order valence-electron chi connectivity index (χ4n) is 5.72. The maximum atomic E-state index is 13.9. The van der Waals surface area contributed by atoms with E-state index in [0.717, 1.165) is 69.9 Å². The number of rotatable bonds is 13. The van der Waals surface area contributed by atoms with Crippen LogP contribution in [-0.2, 0) is 22.6 Å². The molecule has 0 saturated carbocycles. The van der Waals surface area contributed by atoms with Crippen LogP contribution in [0, 0.1) is 6.92 Å². The van der Waals surface area contributed by atoms with E-state index in [9.17, 15) is 14.4 Å². The van der Waals surface area contributed by atoms with Gasteiger partial charge in [-0.05, 0) is 55.0 Å². The van der Waals surface area contributed by atoms with E-state index in [1.165, 1.54) is 22.9 Å². The predicted molar refractivity (Wildman–Crippen MR) is 176 cm³/mol. The zero-order valence-electron chi connectivity index (χ0n) is 24.6. The number of pyridine rings is 1. The summed E-state index contributed by atoms with van der Waals surface area (Å²) in [7, 11) is 0. The minimum atomic E-state index is -0.726. The van der Waals surface area contributed by atoms with Crippen LogP contribution in [0.15, 0.2) is 52.3 Å². The number of carbonyl (C=O) groups is 2. The number of carboxylic acids is 1. The van der Waals surface area contributed by atoms with E-state index in [1.54, 1.807) is 21.6 Å². The highest BCUT2D eigenvalue weighted by Gasteiger charge is 2.33. The molecule has 226 valence electrons. The molecule has 2 aliphatic heterocycles. The lowest BCUT2D eigenvalue weighted by Crippen LogP contribution is -2.34. The summed E-state index contributed by atoms with van der Waals surface area (Å²) in [6, 6.07) is 12.2. The number of amides is 1. The molecule has 5 rings (SSSR count). The molecule has 1 aromatic carbocycles. The van der Waals surface area contributed by atoms with Crippen LogP contribution in [-0.4, -0.2) is 48.7 Å². The number of thiocarbonyl (C=S) groups is 1. The van der Waals surface area contributed by atoms with E-state index in [4.69, 9.17) is 22.3 Å². The smallest absolute Gasteiger partial charge is 0.303 e. The largest absolute Gasteiger partial charge is 0.481 e. The van der Waals surface area contributed by atoms with Gasteiger partial charge < -0.3 is 10.0 Å². The maximum Gasteiger partial charge on any atom is 0.303 e. The molecular weight excluding hydrogens is 581 g/mol. The average Bonchev–Trinajstić information content (AvgIpc) is 3.26. The SMILES string of the molecule is Cc1ccc2nc(N3CCc4ccccc4C3)c(C=C3SC(=S)N(CCCCCCCCCCC(=O)O)C3=O)c(=O)n2c1. The molecule has 0 radical (unpaired) electrons. The molecule has 1 fully saturated rings. The van der Waals surface area contributed by atoms with Crippen molar-refractivity contribution in [2.75, 3.05) is 18.0 Å². The van der Waals surface area contributed by atoms with Gasteiger partial charge in [-0.3, -0.25) is 23.7 Å². The number of thioether (sulfide) groups is 1. The van der Waals surface area contributed by atoms with E-state index < -0.39 is 5.97 Å². The van der Waals surface area contributed by atoms with Gasteiger partial charge in [0, 0.05) is 32.3 Å². The monoisotopic (exact) mass is 618 g/mol. The minimum Gasteiger partial charge on any atom is -0.481 e. The molecule has 2 aromatic heterocycles. The standard InChI is InChI=1S/C33H38N4O4S2/c1-23-15-16-28-34-30(35-19-17-24-12-9-10-13-25(24)22-35)26(31(40)37(28)21-23)20-27-32(41)36(33(42)43-27)18-11-7-5-3-2-4-6-8-14-29(38)39/h9-10,12-13,15-16,20-21H,2-8,11,14,17-19,22H2,1H3,(H,38,39). The van der Waals surface area contributed by atoms with Crippen LogP contribution >= 0.6 is 24.0 Å². The fourth-order valence-corrected chi connectivity index (χ4v) is 7.01. The Morgan fingerprint density at radius 3 is 2.44 bits per heavy atom. The zero-order valence-corrected chi connectivity index (χ0v) is 26.2. The number of aliphatic carboxylic acids is 1. The summed E-state index contributed by atoms with van der Waals surface area (Å²) in [5.74, 6) is -0.288. The van der Waals surface area contributed by atoms with Gasteiger partial charge in [-0.1, -0.05) is 92.8 Å². The summed E-state index contributed by atoms with van der Waals surface area (Å²) < 4.78 is 2.09. The molecule has 43 heavy (non-hydrogen) atoms. The lowest BCUT2D eigenvalue weighted by molar-refractivity contribution is -0.137. The summed E-state index contributed by atoms with van der Waals surface area (Å²) in [6.45, 7) is 3.88. The molecule has 0 spiro atoms. The van der Waals surface area contributed by atoms with Crippen LogP contribution in [0.2, 0.25) is 0 Å². The third kappa shape index (κ3) is 7.54.